The summed E-state index contributed by atoms with van der Waals surface area (Å²) in [5, 5.41) is 13.4. The highest BCUT2D eigenvalue weighted by atomic mass is 79.9. The predicted octanol–water partition coefficient (Wildman–Crippen LogP) is 5.51. The van der Waals surface area contributed by atoms with Gasteiger partial charge in [0.25, 0.3) is 0 Å². The van der Waals surface area contributed by atoms with Gasteiger partial charge in [0.05, 0.1) is 11.0 Å². The molecule has 0 amide bonds. The van der Waals surface area contributed by atoms with E-state index in [0.29, 0.717) is 5.95 Å². The van der Waals surface area contributed by atoms with Crippen molar-refractivity contribution in [3.05, 3.63) is 69.1 Å². The maximum Gasteiger partial charge on any atom is 0.229 e. The monoisotopic (exact) mass is 480 g/mol. The van der Waals surface area contributed by atoms with Crippen molar-refractivity contribution in [3.63, 3.8) is 0 Å². The number of aromatic amines is 1. The van der Waals surface area contributed by atoms with E-state index in [4.69, 9.17) is 0 Å². The molecule has 4 heterocycles. The van der Waals surface area contributed by atoms with Crippen molar-refractivity contribution >= 4 is 61.2 Å². The van der Waals surface area contributed by atoms with E-state index in [1.807, 2.05) is 6.07 Å². The van der Waals surface area contributed by atoms with Gasteiger partial charge in [0, 0.05) is 46.0 Å². The molecule has 0 aliphatic carbocycles. The van der Waals surface area contributed by atoms with Gasteiger partial charge in [0.2, 0.25) is 5.95 Å². The molecule has 0 atom stereocenters. The second-order valence-electron chi connectivity index (χ2n) is 7.09. The standard InChI is InChI=1S/C22H21BrN6S/c23-19-13-27-22(29-21(19)26-11-16-2-1-9-30-16)28-15-3-4-20-17(10-15)18(12-25-20)14-5-7-24-8-6-14/h1-5,9-10,12-13,24-25H,6-8,11H2,(H2,26,27,28,29). The number of rotatable bonds is 6. The van der Waals surface area contributed by atoms with Gasteiger partial charge in [-0.1, -0.05) is 12.1 Å². The maximum absolute atomic E-state index is 4.64. The van der Waals surface area contributed by atoms with Crippen molar-refractivity contribution in [2.75, 3.05) is 23.7 Å². The quantitative estimate of drug-likeness (QED) is 0.292. The summed E-state index contributed by atoms with van der Waals surface area (Å²) in [7, 11) is 0. The number of nitrogens with zero attached hydrogens (tertiary/aromatic N) is 2. The number of fused-ring (bicyclic) bond motifs is 1. The van der Waals surface area contributed by atoms with Crippen LogP contribution in [0.1, 0.15) is 16.9 Å². The molecule has 0 bridgehead atoms. The van der Waals surface area contributed by atoms with Crippen LogP contribution in [0.4, 0.5) is 17.5 Å². The van der Waals surface area contributed by atoms with Crippen LogP contribution in [0.5, 0.6) is 0 Å². The summed E-state index contributed by atoms with van der Waals surface area (Å²) in [5.74, 6) is 1.33. The van der Waals surface area contributed by atoms with E-state index in [1.54, 1.807) is 17.5 Å². The minimum atomic E-state index is 0.560. The van der Waals surface area contributed by atoms with E-state index in [9.17, 15) is 0 Å². The molecule has 0 radical (unpaired) electrons. The first-order chi connectivity index (χ1) is 14.8. The van der Waals surface area contributed by atoms with Crippen LogP contribution in [-0.2, 0) is 6.54 Å². The molecule has 152 valence electrons. The summed E-state index contributed by atoms with van der Waals surface area (Å²) in [6.45, 7) is 2.67. The highest BCUT2D eigenvalue weighted by Gasteiger charge is 2.12. The Morgan fingerprint density at radius 3 is 3.03 bits per heavy atom. The summed E-state index contributed by atoms with van der Waals surface area (Å²) in [4.78, 5) is 13.7. The van der Waals surface area contributed by atoms with E-state index >= 15 is 0 Å². The number of nitrogens with one attached hydrogen (secondary N) is 4. The molecule has 1 aliphatic rings. The van der Waals surface area contributed by atoms with Crippen LogP contribution >= 0.6 is 27.3 Å². The fourth-order valence-electron chi connectivity index (χ4n) is 3.60. The van der Waals surface area contributed by atoms with Crippen molar-refractivity contribution in [2.45, 2.75) is 13.0 Å². The Morgan fingerprint density at radius 1 is 1.23 bits per heavy atom. The Bertz CT molecular complexity index is 1200. The van der Waals surface area contributed by atoms with Gasteiger partial charge in [-0.25, -0.2) is 4.98 Å². The highest BCUT2D eigenvalue weighted by molar-refractivity contribution is 9.10. The summed E-state index contributed by atoms with van der Waals surface area (Å²) in [5.41, 5.74) is 4.75. The lowest BCUT2D eigenvalue weighted by molar-refractivity contribution is 0.739. The molecule has 5 rings (SSSR count). The molecule has 0 fully saturated rings. The van der Waals surface area contributed by atoms with E-state index in [0.717, 1.165) is 47.5 Å². The zero-order valence-corrected chi connectivity index (χ0v) is 18.6. The summed E-state index contributed by atoms with van der Waals surface area (Å²) < 4.78 is 0.839. The van der Waals surface area contributed by atoms with Gasteiger partial charge < -0.3 is 20.9 Å². The third-order valence-electron chi connectivity index (χ3n) is 5.10. The van der Waals surface area contributed by atoms with E-state index in [2.05, 4.69) is 88.8 Å². The van der Waals surface area contributed by atoms with Crippen LogP contribution in [0.15, 0.2) is 58.7 Å². The van der Waals surface area contributed by atoms with Gasteiger partial charge in [0.15, 0.2) is 0 Å². The van der Waals surface area contributed by atoms with Crippen LogP contribution in [0.25, 0.3) is 16.5 Å². The molecule has 4 N–H and O–H groups in total. The van der Waals surface area contributed by atoms with Crippen LogP contribution in [0.3, 0.4) is 0 Å². The first-order valence-electron chi connectivity index (χ1n) is 9.83. The molecule has 1 aromatic carbocycles. The van der Waals surface area contributed by atoms with Crippen LogP contribution in [0.2, 0.25) is 0 Å². The smallest absolute Gasteiger partial charge is 0.229 e. The zero-order valence-electron chi connectivity index (χ0n) is 16.2. The van der Waals surface area contributed by atoms with E-state index in [-0.39, 0.29) is 0 Å². The van der Waals surface area contributed by atoms with Crippen molar-refractivity contribution < 1.29 is 0 Å². The van der Waals surface area contributed by atoms with Crippen LogP contribution in [0, 0.1) is 0 Å². The SMILES string of the molecule is Brc1cnc(Nc2ccc3[nH]cc(C4=CCNCC4)c3c2)nc1NCc1cccs1. The van der Waals surface area contributed by atoms with Crippen molar-refractivity contribution in [1.82, 2.24) is 20.3 Å². The summed E-state index contributed by atoms with van der Waals surface area (Å²) in [6.07, 6.45) is 7.19. The largest absolute Gasteiger partial charge is 0.364 e. The Kier molecular flexibility index (Phi) is 5.52. The fraction of sp³-hybridized carbons (Fsp3) is 0.182. The predicted molar refractivity (Wildman–Crippen MR) is 128 cm³/mol. The lowest BCUT2D eigenvalue weighted by atomic mass is 9.99. The normalized spacial score (nSPS) is 14.0. The maximum atomic E-state index is 4.64. The summed E-state index contributed by atoms with van der Waals surface area (Å²) in [6, 6.07) is 10.5. The molecule has 0 spiro atoms. The van der Waals surface area contributed by atoms with E-state index in [1.165, 1.54) is 21.4 Å². The average Bonchev–Trinajstić information content (AvgIpc) is 3.44. The highest BCUT2D eigenvalue weighted by Crippen LogP contribution is 2.31. The molecule has 4 aromatic rings. The Morgan fingerprint density at radius 2 is 2.20 bits per heavy atom. The Labute approximate surface area is 187 Å². The average molecular weight is 481 g/mol. The van der Waals surface area contributed by atoms with Crippen LogP contribution < -0.4 is 16.0 Å². The molecular formula is C22H21BrN6S. The second-order valence-corrected chi connectivity index (χ2v) is 8.98. The van der Waals surface area contributed by atoms with Gasteiger partial charge >= 0.3 is 0 Å². The molecule has 30 heavy (non-hydrogen) atoms. The fourth-order valence-corrected chi connectivity index (χ4v) is 4.57. The van der Waals surface area contributed by atoms with Gasteiger partial charge in [-0.15, -0.1) is 11.3 Å². The molecule has 8 heteroatoms. The first-order valence-corrected chi connectivity index (χ1v) is 11.5. The minimum Gasteiger partial charge on any atom is -0.364 e. The van der Waals surface area contributed by atoms with Crippen molar-refractivity contribution in [3.8, 4) is 0 Å². The number of halogens is 1. The van der Waals surface area contributed by atoms with Crippen molar-refractivity contribution in [2.24, 2.45) is 0 Å². The number of hydrogen-bond acceptors (Lipinski definition) is 6. The number of aromatic nitrogens is 3. The second kappa shape index (κ2) is 8.59. The number of hydrogen-bond donors (Lipinski definition) is 4. The third kappa shape index (κ3) is 4.12. The van der Waals surface area contributed by atoms with Gasteiger partial charge in [0.1, 0.15) is 5.82 Å². The number of H-pyrrole nitrogens is 1. The molecule has 0 saturated carbocycles. The van der Waals surface area contributed by atoms with Crippen molar-refractivity contribution in [1.29, 1.82) is 0 Å². The van der Waals surface area contributed by atoms with Crippen LogP contribution in [-0.4, -0.2) is 28.0 Å². The Hall–Kier alpha value is -2.68. The Balaban J connectivity index is 1.38. The molecule has 0 unspecified atom stereocenters. The van der Waals surface area contributed by atoms with Gasteiger partial charge in [-0.05, 0) is 64.1 Å². The molecule has 6 nitrogen and oxygen atoms in total. The molecule has 3 aromatic heterocycles. The molecule has 0 saturated heterocycles. The third-order valence-corrected chi connectivity index (χ3v) is 6.56. The molecule has 1 aliphatic heterocycles. The van der Waals surface area contributed by atoms with Gasteiger partial charge in [-0.2, -0.15) is 4.98 Å². The molecular weight excluding hydrogens is 460 g/mol. The first kappa shape index (κ1) is 19.3. The van der Waals surface area contributed by atoms with E-state index < -0.39 is 0 Å². The lowest BCUT2D eigenvalue weighted by Gasteiger charge is -2.14. The lowest BCUT2D eigenvalue weighted by Crippen LogP contribution is -2.19. The topological polar surface area (TPSA) is 77.7 Å². The number of anilines is 3. The zero-order chi connectivity index (χ0) is 20.3. The van der Waals surface area contributed by atoms with Gasteiger partial charge in [-0.3, -0.25) is 0 Å². The minimum absolute atomic E-state index is 0.560. The number of thiophene rings is 1. The summed E-state index contributed by atoms with van der Waals surface area (Å²) >= 11 is 5.26. The number of benzene rings is 1.